The van der Waals surface area contributed by atoms with E-state index < -0.39 is 32.8 Å². The molecule has 2 aromatic carbocycles. The van der Waals surface area contributed by atoms with Crippen molar-refractivity contribution in [2.24, 2.45) is 0 Å². The van der Waals surface area contributed by atoms with Gasteiger partial charge in [0, 0.05) is 0 Å². The molecule has 112 valence electrons. The van der Waals surface area contributed by atoms with Crippen LogP contribution >= 0.6 is 0 Å². The van der Waals surface area contributed by atoms with E-state index in [1.165, 1.54) is 19.1 Å². The molecular formula is C15H14F2O3S. The molecule has 1 unspecified atom stereocenters. The standard InChI is InChI=1S/C15H14F2O3S/c1-15(18,11-2-4-12(16)5-3-11)10-21(19,20)14-8-6-13(17)7-9-14/h2-9,18H,10H2,1H3. The summed E-state index contributed by atoms with van der Waals surface area (Å²) in [5, 5.41) is 10.4. The second-order valence-electron chi connectivity index (χ2n) is 4.99. The van der Waals surface area contributed by atoms with Crippen molar-refractivity contribution < 1.29 is 22.3 Å². The van der Waals surface area contributed by atoms with Crippen molar-refractivity contribution in [3.05, 3.63) is 65.7 Å². The molecule has 2 rings (SSSR count). The Morgan fingerprint density at radius 1 is 0.952 bits per heavy atom. The molecule has 0 aliphatic rings. The first-order chi connectivity index (χ1) is 9.71. The second kappa shape index (κ2) is 5.54. The highest BCUT2D eigenvalue weighted by Crippen LogP contribution is 2.26. The quantitative estimate of drug-likeness (QED) is 0.883. The number of benzene rings is 2. The van der Waals surface area contributed by atoms with Gasteiger partial charge in [-0.2, -0.15) is 0 Å². The SMILES string of the molecule is CC(O)(CS(=O)(=O)c1ccc(F)cc1)c1ccc(F)cc1. The molecule has 6 heteroatoms. The van der Waals surface area contributed by atoms with E-state index in [0.717, 1.165) is 36.4 Å². The average Bonchev–Trinajstić information content (AvgIpc) is 2.38. The van der Waals surface area contributed by atoms with Crippen LogP contribution in [0.15, 0.2) is 53.4 Å². The van der Waals surface area contributed by atoms with Gasteiger partial charge in [-0.25, -0.2) is 17.2 Å². The molecule has 3 nitrogen and oxygen atoms in total. The van der Waals surface area contributed by atoms with E-state index in [1.54, 1.807) is 0 Å². The Balaban J connectivity index is 2.30. The van der Waals surface area contributed by atoms with Crippen LogP contribution in [0.25, 0.3) is 0 Å². The van der Waals surface area contributed by atoms with Crippen LogP contribution in [0.1, 0.15) is 12.5 Å². The largest absolute Gasteiger partial charge is 0.384 e. The molecule has 2 aromatic rings. The molecule has 0 bridgehead atoms. The summed E-state index contributed by atoms with van der Waals surface area (Å²) >= 11 is 0. The van der Waals surface area contributed by atoms with E-state index in [-0.39, 0.29) is 10.5 Å². The van der Waals surface area contributed by atoms with E-state index in [4.69, 9.17) is 0 Å². The van der Waals surface area contributed by atoms with E-state index in [0.29, 0.717) is 0 Å². The molecule has 0 amide bonds. The number of halogens is 2. The Hall–Kier alpha value is -1.79. The fourth-order valence-electron chi connectivity index (χ4n) is 1.99. The normalized spacial score (nSPS) is 14.7. The topological polar surface area (TPSA) is 54.4 Å². The zero-order chi connectivity index (χ0) is 15.7. The summed E-state index contributed by atoms with van der Waals surface area (Å²) in [6.45, 7) is 1.33. The van der Waals surface area contributed by atoms with Gasteiger partial charge in [-0.1, -0.05) is 12.1 Å². The van der Waals surface area contributed by atoms with Gasteiger partial charge in [0.1, 0.15) is 17.2 Å². The Labute approximate surface area is 121 Å². The minimum absolute atomic E-state index is 0.0775. The molecule has 0 spiro atoms. The van der Waals surface area contributed by atoms with Crippen LogP contribution in [-0.4, -0.2) is 19.3 Å². The molecule has 0 heterocycles. The van der Waals surface area contributed by atoms with Gasteiger partial charge in [0.05, 0.1) is 10.6 Å². The van der Waals surface area contributed by atoms with Crippen LogP contribution in [-0.2, 0) is 15.4 Å². The first-order valence-corrected chi connectivity index (χ1v) is 7.83. The minimum atomic E-state index is -3.80. The Morgan fingerprint density at radius 2 is 1.38 bits per heavy atom. The van der Waals surface area contributed by atoms with E-state index >= 15 is 0 Å². The lowest BCUT2D eigenvalue weighted by atomic mass is 9.98. The van der Waals surface area contributed by atoms with E-state index in [9.17, 15) is 22.3 Å². The van der Waals surface area contributed by atoms with Crippen LogP contribution in [0, 0.1) is 11.6 Å². The maximum absolute atomic E-state index is 12.9. The number of sulfone groups is 1. The fraction of sp³-hybridized carbons (Fsp3) is 0.200. The molecular weight excluding hydrogens is 298 g/mol. The summed E-state index contributed by atoms with van der Waals surface area (Å²) in [6, 6.07) is 9.32. The molecule has 0 aromatic heterocycles. The molecule has 0 aliphatic carbocycles. The zero-order valence-electron chi connectivity index (χ0n) is 11.3. The Kier molecular flexibility index (Phi) is 4.11. The fourth-order valence-corrected chi connectivity index (χ4v) is 3.61. The number of hydrogen-bond acceptors (Lipinski definition) is 3. The van der Waals surface area contributed by atoms with Crippen LogP contribution in [0.2, 0.25) is 0 Å². The van der Waals surface area contributed by atoms with Crippen molar-refractivity contribution in [1.82, 2.24) is 0 Å². The third-order valence-electron chi connectivity index (χ3n) is 3.11. The van der Waals surface area contributed by atoms with Crippen molar-refractivity contribution in [2.75, 3.05) is 5.75 Å². The molecule has 0 fully saturated rings. The lowest BCUT2D eigenvalue weighted by Gasteiger charge is -2.23. The lowest BCUT2D eigenvalue weighted by molar-refractivity contribution is 0.0819. The predicted molar refractivity (Wildman–Crippen MR) is 74.4 cm³/mol. The monoisotopic (exact) mass is 312 g/mol. The number of aliphatic hydroxyl groups is 1. The van der Waals surface area contributed by atoms with Gasteiger partial charge < -0.3 is 5.11 Å². The van der Waals surface area contributed by atoms with Crippen molar-refractivity contribution in [3.8, 4) is 0 Å². The van der Waals surface area contributed by atoms with Crippen LogP contribution in [0.3, 0.4) is 0 Å². The summed E-state index contributed by atoms with van der Waals surface area (Å²) < 4.78 is 50.2. The van der Waals surface area contributed by atoms with E-state index in [1.807, 2.05) is 0 Å². The molecule has 21 heavy (non-hydrogen) atoms. The molecule has 0 saturated heterocycles. The summed E-state index contributed by atoms with van der Waals surface area (Å²) in [7, 11) is -3.80. The first-order valence-electron chi connectivity index (χ1n) is 6.17. The van der Waals surface area contributed by atoms with Crippen LogP contribution in [0.5, 0.6) is 0 Å². The summed E-state index contributed by atoms with van der Waals surface area (Å²) in [4.78, 5) is -0.0775. The maximum Gasteiger partial charge on any atom is 0.181 e. The average molecular weight is 312 g/mol. The maximum atomic E-state index is 12.9. The minimum Gasteiger partial charge on any atom is -0.384 e. The van der Waals surface area contributed by atoms with Gasteiger partial charge >= 0.3 is 0 Å². The summed E-state index contributed by atoms with van der Waals surface area (Å²) in [5.41, 5.74) is -1.39. The zero-order valence-corrected chi connectivity index (χ0v) is 12.1. The lowest BCUT2D eigenvalue weighted by Crippen LogP contribution is -2.31. The highest BCUT2D eigenvalue weighted by atomic mass is 32.2. The van der Waals surface area contributed by atoms with Gasteiger partial charge in [-0.15, -0.1) is 0 Å². The predicted octanol–water partition coefficient (Wildman–Crippen LogP) is 2.65. The van der Waals surface area contributed by atoms with Crippen molar-refractivity contribution >= 4 is 9.84 Å². The molecule has 1 atom stereocenters. The molecule has 1 N–H and O–H groups in total. The second-order valence-corrected chi connectivity index (χ2v) is 6.98. The van der Waals surface area contributed by atoms with Gasteiger partial charge in [-0.3, -0.25) is 0 Å². The number of hydrogen-bond donors (Lipinski definition) is 1. The third-order valence-corrected chi connectivity index (χ3v) is 5.04. The van der Waals surface area contributed by atoms with Crippen LogP contribution < -0.4 is 0 Å². The first kappa shape index (κ1) is 15.6. The highest BCUT2D eigenvalue weighted by molar-refractivity contribution is 7.91. The molecule has 0 radical (unpaired) electrons. The Bertz CT molecular complexity index is 721. The highest BCUT2D eigenvalue weighted by Gasteiger charge is 2.31. The van der Waals surface area contributed by atoms with Crippen molar-refractivity contribution in [3.63, 3.8) is 0 Å². The van der Waals surface area contributed by atoms with Gasteiger partial charge in [0.25, 0.3) is 0 Å². The van der Waals surface area contributed by atoms with Crippen LogP contribution in [0.4, 0.5) is 8.78 Å². The van der Waals surface area contributed by atoms with Crippen molar-refractivity contribution in [2.45, 2.75) is 17.4 Å². The van der Waals surface area contributed by atoms with Crippen molar-refractivity contribution in [1.29, 1.82) is 0 Å². The number of rotatable bonds is 4. The van der Waals surface area contributed by atoms with E-state index in [2.05, 4.69) is 0 Å². The van der Waals surface area contributed by atoms with Gasteiger partial charge in [0.2, 0.25) is 0 Å². The molecule has 0 saturated carbocycles. The Morgan fingerprint density at radius 3 is 1.86 bits per heavy atom. The van der Waals surface area contributed by atoms with Gasteiger partial charge in [-0.05, 0) is 48.9 Å². The summed E-state index contributed by atoms with van der Waals surface area (Å²) in [6.07, 6.45) is 0. The van der Waals surface area contributed by atoms with Gasteiger partial charge in [0.15, 0.2) is 9.84 Å². The third kappa shape index (κ3) is 3.65. The molecule has 0 aliphatic heterocycles. The smallest absolute Gasteiger partial charge is 0.181 e. The summed E-state index contributed by atoms with van der Waals surface area (Å²) in [5.74, 6) is -1.60.